The van der Waals surface area contributed by atoms with Gasteiger partial charge in [-0.3, -0.25) is 4.79 Å². The number of rotatable bonds is 4. The number of pyridine rings is 1. The number of aromatic carboxylic acids is 1. The summed E-state index contributed by atoms with van der Waals surface area (Å²) in [6.07, 6.45) is 2.03. The van der Waals surface area contributed by atoms with Gasteiger partial charge in [0.2, 0.25) is 5.91 Å². The van der Waals surface area contributed by atoms with Gasteiger partial charge in [-0.2, -0.15) is 0 Å². The first-order valence-electron chi connectivity index (χ1n) is 5.99. The monoisotopic (exact) mass is 283 g/mol. The molecule has 1 aromatic rings. The van der Waals surface area contributed by atoms with Gasteiger partial charge in [-0.25, -0.2) is 9.78 Å². The van der Waals surface area contributed by atoms with Gasteiger partial charge in [0.15, 0.2) is 0 Å². The van der Waals surface area contributed by atoms with E-state index >= 15 is 0 Å². The molecular weight excluding hydrogens is 270 g/mol. The molecule has 2 N–H and O–H groups in total. The molecule has 0 aliphatic carbocycles. The quantitative estimate of drug-likeness (QED) is 0.818. The lowest BCUT2D eigenvalue weighted by Gasteiger charge is -2.16. The van der Waals surface area contributed by atoms with Crippen molar-refractivity contribution < 1.29 is 14.7 Å². The number of carboxylic acids is 1. The number of hydrogen-bond acceptors (Lipinski definition) is 4. The Balaban J connectivity index is 2.04. The lowest BCUT2D eigenvalue weighted by molar-refractivity contribution is -0.128. The standard InChI is InChI=1S/C12H14ClN3O3/c13-9-4-3-8(12(18)19)11(15-9)14-7-10(17)16-5-1-2-6-16/h3-4H,1-2,5-7H2,(H,14,15)(H,18,19). The van der Waals surface area contributed by atoms with Crippen LogP contribution in [0.2, 0.25) is 5.15 Å². The molecule has 1 amide bonds. The van der Waals surface area contributed by atoms with Crippen molar-refractivity contribution in [2.24, 2.45) is 0 Å². The second-order valence-corrected chi connectivity index (χ2v) is 4.66. The minimum atomic E-state index is -1.11. The Morgan fingerprint density at radius 3 is 2.68 bits per heavy atom. The van der Waals surface area contributed by atoms with Gasteiger partial charge in [0, 0.05) is 13.1 Å². The minimum absolute atomic E-state index is 0.00128. The van der Waals surface area contributed by atoms with E-state index in [-0.39, 0.29) is 29.0 Å². The van der Waals surface area contributed by atoms with Crippen LogP contribution in [0.3, 0.4) is 0 Å². The zero-order chi connectivity index (χ0) is 13.8. The Morgan fingerprint density at radius 1 is 1.37 bits per heavy atom. The molecule has 1 aliphatic heterocycles. The molecule has 7 heteroatoms. The number of carbonyl (C=O) groups is 2. The fourth-order valence-electron chi connectivity index (χ4n) is 1.98. The van der Waals surface area contributed by atoms with Crippen LogP contribution in [0.25, 0.3) is 0 Å². The maximum atomic E-state index is 11.8. The molecule has 1 aliphatic rings. The molecule has 2 rings (SSSR count). The largest absolute Gasteiger partial charge is 0.478 e. The predicted octanol–water partition coefficient (Wildman–Crippen LogP) is 1.47. The number of halogens is 1. The first kappa shape index (κ1) is 13.6. The van der Waals surface area contributed by atoms with E-state index in [0.29, 0.717) is 0 Å². The number of hydrogen-bond donors (Lipinski definition) is 2. The molecule has 102 valence electrons. The highest BCUT2D eigenvalue weighted by Gasteiger charge is 2.19. The Labute approximate surface area is 115 Å². The van der Waals surface area contributed by atoms with Crippen molar-refractivity contribution in [2.45, 2.75) is 12.8 Å². The molecule has 0 spiro atoms. The number of nitrogens with one attached hydrogen (secondary N) is 1. The Bertz CT molecular complexity index is 501. The van der Waals surface area contributed by atoms with Crippen molar-refractivity contribution in [1.29, 1.82) is 0 Å². The summed E-state index contributed by atoms with van der Waals surface area (Å²) < 4.78 is 0. The van der Waals surface area contributed by atoms with Crippen LogP contribution in [0.5, 0.6) is 0 Å². The Hall–Kier alpha value is -1.82. The highest BCUT2D eigenvalue weighted by atomic mass is 35.5. The van der Waals surface area contributed by atoms with Crippen molar-refractivity contribution >= 4 is 29.3 Å². The average molecular weight is 284 g/mol. The Morgan fingerprint density at radius 2 is 2.05 bits per heavy atom. The zero-order valence-corrected chi connectivity index (χ0v) is 11.0. The van der Waals surface area contributed by atoms with Crippen molar-refractivity contribution in [3.8, 4) is 0 Å². The predicted molar refractivity (Wildman–Crippen MR) is 70.5 cm³/mol. The van der Waals surface area contributed by atoms with E-state index in [0.717, 1.165) is 25.9 Å². The molecule has 0 aromatic carbocycles. The third kappa shape index (κ3) is 3.35. The van der Waals surface area contributed by atoms with E-state index in [1.165, 1.54) is 12.1 Å². The van der Waals surface area contributed by atoms with Gasteiger partial charge in [-0.05, 0) is 25.0 Å². The molecule has 0 saturated carbocycles. The molecule has 0 atom stereocenters. The number of aromatic nitrogens is 1. The molecule has 1 aromatic heterocycles. The summed E-state index contributed by atoms with van der Waals surface area (Å²) in [6.45, 7) is 1.54. The normalized spacial score (nSPS) is 14.5. The summed E-state index contributed by atoms with van der Waals surface area (Å²) in [6, 6.07) is 2.76. The number of anilines is 1. The summed E-state index contributed by atoms with van der Waals surface area (Å²) in [7, 11) is 0. The highest BCUT2D eigenvalue weighted by molar-refractivity contribution is 6.29. The summed E-state index contributed by atoms with van der Waals surface area (Å²) in [5, 5.41) is 11.9. The van der Waals surface area contributed by atoms with Crippen molar-refractivity contribution in [3.63, 3.8) is 0 Å². The molecule has 1 fully saturated rings. The van der Waals surface area contributed by atoms with Crippen molar-refractivity contribution in [1.82, 2.24) is 9.88 Å². The SMILES string of the molecule is O=C(O)c1ccc(Cl)nc1NCC(=O)N1CCCC1. The van der Waals surface area contributed by atoms with Gasteiger partial charge in [0.1, 0.15) is 16.5 Å². The van der Waals surface area contributed by atoms with Gasteiger partial charge in [0.25, 0.3) is 0 Å². The molecule has 0 bridgehead atoms. The van der Waals surface area contributed by atoms with Gasteiger partial charge >= 0.3 is 5.97 Å². The second kappa shape index (κ2) is 5.88. The van der Waals surface area contributed by atoms with E-state index < -0.39 is 5.97 Å². The fraction of sp³-hybridized carbons (Fsp3) is 0.417. The summed E-state index contributed by atoms with van der Waals surface area (Å²) in [5.74, 6) is -1.05. The maximum Gasteiger partial charge on any atom is 0.339 e. The smallest absolute Gasteiger partial charge is 0.339 e. The van der Waals surface area contributed by atoms with Gasteiger partial charge < -0.3 is 15.3 Å². The molecule has 19 heavy (non-hydrogen) atoms. The molecule has 1 saturated heterocycles. The Kier molecular flexibility index (Phi) is 4.21. The van der Waals surface area contributed by atoms with Crippen LogP contribution < -0.4 is 5.32 Å². The van der Waals surface area contributed by atoms with Crippen molar-refractivity contribution in [3.05, 3.63) is 22.8 Å². The zero-order valence-electron chi connectivity index (χ0n) is 10.2. The highest BCUT2D eigenvalue weighted by Crippen LogP contribution is 2.16. The van der Waals surface area contributed by atoms with E-state index in [1.54, 1.807) is 4.90 Å². The molecular formula is C12H14ClN3O3. The number of carboxylic acid groups (broad SMARTS) is 1. The number of amides is 1. The minimum Gasteiger partial charge on any atom is -0.478 e. The van der Waals surface area contributed by atoms with Crippen LogP contribution in [0.15, 0.2) is 12.1 Å². The molecule has 0 unspecified atom stereocenters. The van der Waals surface area contributed by atoms with Crippen LogP contribution in [0.4, 0.5) is 5.82 Å². The van der Waals surface area contributed by atoms with Gasteiger partial charge in [-0.1, -0.05) is 11.6 Å². The van der Waals surface area contributed by atoms with E-state index in [2.05, 4.69) is 10.3 Å². The van der Waals surface area contributed by atoms with Crippen LogP contribution in [-0.4, -0.2) is 46.5 Å². The fourth-order valence-corrected chi connectivity index (χ4v) is 2.13. The second-order valence-electron chi connectivity index (χ2n) is 4.28. The van der Waals surface area contributed by atoms with Gasteiger partial charge in [-0.15, -0.1) is 0 Å². The van der Waals surface area contributed by atoms with E-state index in [9.17, 15) is 9.59 Å². The number of likely N-dealkylation sites (tertiary alicyclic amines) is 1. The topological polar surface area (TPSA) is 82.5 Å². The first-order valence-corrected chi connectivity index (χ1v) is 6.37. The molecule has 6 nitrogen and oxygen atoms in total. The number of carbonyl (C=O) groups excluding carboxylic acids is 1. The summed E-state index contributed by atoms with van der Waals surface area (Å²) in [5.41, 5.74) is -0.00128. The molecule has 2 heterocycles. The van der Waals surface area contributed by atoms with Crippen LogP contribution >= 0.6 is 11.6 Å². The van der Waals surface area contributed by atoms with Crippen LogP contribution in [0.1, 0.15) is 23.2 Å². The summed E-state index contributed by atoms with van der Waals surface area (Å²) >= 11 is 5.72. The third-order valence-electron chi connectivity index (χ3n) is 2.96. The third-order valence-corrected chi connectivity index (χ3v) is 3.17. The maximum absolute atomic E-state index is 11.8. The first-order chi connectivity index (χ1) is 9.08. The van der Waals surface area contributed by atoms with E-state index in [1.807, 2.05) is 0 Å². The number of nitrogens with zero attached hydrogens (tertiary/aromatic N) is 2. The van der Waals surface area contributed by atoms with Crippen LogP contribution in [-0.2, 0) is 4.79 Å². The lowest BCUT2D eigenvalue weighted by atomic mass is 10.2. The van der Waals surface area contributed by atoms with Gasteiger partial charge in [0.05, 0.1) is 6.54 Å². The molecule has 0 radical (unpaired) electrons. The summed E-state index contributed by atoms with van der Waals surface area (Å²) in [4.78, 5) is 28.5. The lowest BCUT2D eigenvalue weighted by Crippen LogP contribution is -2.33. The average Bonchev–Trinajstić information content (AvgIpc) is 2.89. The van der Waals surface area contributed by atoms with Crippen LogP contribution in [0, 0.1) is 0 Å². The van der Waals surface area contributed by atoms with E-state index in [4.69, 9.17) is 16.7 Å². The van der Waals surface area contributed by atoms with Crippen molar-refractivity contribution in [2.75, 3.05) is 25.0 Å².